The SMILES string of the molecule is CCCCCCCCOc1ccc2ccccc2c1CNCC. The van der Waals surface area contributed by atoms with E-state index < -0.39 is 0 Å². The van der Waals surface area contributed by atoms with E-state index in [4.69, 9.17) is 4.74 Å². The van der Waals surface area contributed by atoms with Crippen LogP contribution in [0, 0.1) is 0 Å². The van der Waals surface area contributed by atoms with Crippen LogP contribution in [0.1, 0.15) is 57.9 Å². The van der Waals surface area contributed by atoms with Crippen molar-refractivity contribution in [1.82, 2.24) is 5.32 Å². The molecule has 0 heterocycles. The number of hydrogen-bond acceptors (Lipinski definition) is 2. The molecule has 0 saturated heterocycles. The lowest BCUT2D eigenvalue weighted by molar-refractivity contribution is 0.301. The van der Waals surface area contributed by atoms with Crippen LogP contribution in [0.2, 0.25) is 0 Å². The number of unbranched alkanes of at least 4 members (excludes halogenated alkanes) is 5. The van der Waals surface area contributed by atoms with Gasteiger partial charge in [-0.2, -0.15) is 0 Å². The highest BCUT2D eigenvalue weighted by Crippen LogP contribution is 2.28. The summed E-state index contributed by atoms with van der Waals surface area (Å²) in [6.45, 7) is 7.06. The average Bonchev–Trinajstić information content (AvgIpc) is 2.59. The lowest BCUT2D eigenvalue weighted by atomic mass is 10.0. The van der Waals surface area contributed by atoms with E-state index in [1.807, 2.05) is 0 Å². The van der Waals surface area contributed by atoms with Crippen molar-refractivity contribution >= 4 is 10.8 Å². The van der Waals surface area contributed by atoms with Crippen LogP contribution in [0.4, 0.5) is 0 Å². The van der Waals surface area contributed by atoms with Crippen LogP contribution in [0.15, 0.2) is 36.4 Å². The highest BCUT2D eigenvalue weighted by Gasteiger charge is 2.08. The van der Waals surface area contributed by atoms with Crippen LogP contribution in [-0.4, -0.2) is 13.2 Å². The Hall–Kier alpha value is -1.54. The molecule has 2 aromatic carbocycles. The largest absolute Gasteiger partial charge is 0.493 e. The molecular formula is C21H31NO. The maximum atomic E-state index is 6.11. The zero-order chi connectivity index (χ0) is 16.3. The van der Waals surface area contributed by atoms with Gasteiger partial charge in [0.2, 0.25) is 0 Å². The second kappa shape index (κ2) is 10.3. The number of fused-ring (bicyclic) bond motifs is 1. The maximum absolute atomic E-state index is 6.11. The normalized spacial score (nSPS) is 11.0. The monoisotopic (exact) mass is 313 g/mol. The van der Waals surface area contributed by atoms with Gasteiger partial charge in [-0.25, -0.2) is 0 Å². The molecule has 0 aliphatic heterocycles. The molecule has 0 amide bonds. The molecule has 2 heteroatoms. The fourth-order valence-electron chi connectivity index (χ4n) is 2.95. The summed E-state index contributed by atoms with van der Waals surface area (Å²) in [5, 5.41) is 6.03. The van der Waals surface area contributed by atoms with E-state index in [2.05, 4.69) is 55.6 Å². The highest BCUT2D eigenvalue weighted by molar-refractivity contribution is 5.87. The topological polar surface area (TPSA) is 21.3 Å². The zero-order valence-electron chi connectivity index (χ0n) is 14.7. The van der Waals surface area contributed by atoms with Crippen molar-refractivity contribution in [2.75, 3.05) is 13.2 Å². The predicted molar refractivity (Wildman–Crippen MR) is 100 cm³/mol. The molecule has 23 heavy (non-hydrogen) atoms. The fraction of sp³-hybridized carbons (Fsp3) is 0.524. The lowest BCUT2D eigenvalue weighted by Gasteiger charge is -2.15. The molecule has 0 unspecified atom stereocenters. The second-order valence-electron chi connectivity index (χ2n) is 6.16. The molecule has 2 aromatic rings. The number of nitrogens with one attached hydrogen (secondary N) is 1. The van der Waals surface area contributed by atoms with Crippen molar-refractivity contribution in [3.8, 4) is 5.75 Å². The Kier molecular flexibility index (Phi) is 7.96. The van der Waals surface area contributed by atoms with Crippen LogP contribution in [0.3, 0.4) is 0 Å². The van der Waals surface area contributed by atoms with Crippen LogP contribution in [0.25, 0.3) is 10.8 Å². The highest BCUT2D eigenvalue weighted by atomic mass is 16.5. The molecule has 126 valence electrons. The van der Waals surface area contributed by atoms with Crippen LogP contribution >= 0.6 is 0 Å². The average molecular weight is 313 g/mol. The van der Waals surface area contributed by atoms with Crippen LogP contribution in [-0.2, 0) is 6.54 Å². The van der Waals surface area contributed by atoms with E-state index in [1.165, 1.54) is 48.4 Å². The third-order valence-corrected chi connectivity index (χ3v) is 4.30. The van der Waals surface area contributed by atoms with Gasteiger partial charge in [-0.15, -0.1) is 0 Å². The minimum absolute atomic E-state index is 0.823. The van der Waals surface area contributed by atoms with Crippen molar-refractivity contribution in [3.63, 3.8) is 0 Å². The molecule has 0 aromatic heterocycles. The third kappa shape index (κ3) is 5.54. The van der Waals surface area contributed by atoms with E-state index in [9.17, 15) is 0 Å². The quantitative estimate of drug-likeness (QED) is 0.538. The Balaban J connectivity index is 1.96. The molecule has 0 aliphatic rings. The molecule has 2 nitrogen and oxygen atoms in total. The molecule has 0 bridgehead atoms. The number of benzene rings is 2. The summed E-state index contributed by atoms with van der Waals surface area (Å²) in [6, 6.07) is 12.9. The smallest absolute Gasteiger partial charge is 0.124 e. The minimum Gasteiger partial charge on any atom is -0.493 e. The number of hydrogen-bond donors (Lipinski definition) is 1. The first kappa shape index (κ1) is 17.8. The summed E-state index contributed by atoms with van der Waals surface area (Å²) in [6.07, 6.45) is 7.78. The van der Waals surface area contributed by atoms with Gasteiger partial charge in [-0.1, -0.05) is 76.3 Å². The molecular weight excluding hydrogens is 282 g/mol. The summed E-state index contributed by atoms with van der Waals surface area (Å²) >= 11 is 0. The molecule has 1 N–H and O–H groups in total. The first-order chi connectivity index (χ1) is 11.4. The molecule has 0 spiro atoms. The summed E-state index contributed by atoms with van der Waals surface area (Å²) in [7, 11) is 0. The van der Waals surface area contributed by atoms with E-state index in [1.54, 1.807) is 0 Å². The molecule has 0 fully saturated rings. The zero-order valence-corrected chi connectivity index (χ0v) is 14.7. The van der Waals surface area contributed by atoms with Gasteiger partial charge in [-0.3, -0.25) is 0 Å². The van der Waals surface area contributed by atoms with Crippen molar-refractivity contribution in [2.24, 2.45) is 0 Å². The van der Waals surface area contributed by atoms with E-state index in [0.717, 1.165) is 31.9 Å². The molecule has 0 radical (unpaired) electrons. The molecule has 0 atom stereocenters. The van der Waals surface area contributed by atoms with Gasteiger partial charge in [0.25, 0.3) is 0 Å². The van der Waals surface area contributed by atoms with Crippen molar-refractivity contribution in [2.45, 2.75) is 58.9 Å². The molecule has 0 aliphatic carbocycles. The summed E-state index contributed by atoms with van der Waals surface area (Å²) < 4.78 is 6.11. The predicted octanol–water partition coefficient (Wildman–Crippen LogP) is 5.69. The number of ether oxygens (including phenoxy) is 1. The van der Waals surface area contributed by atoms with Gasteiger partial charge in [0.05, 0.1) is 6.61 Å². The number of rotatable bonds is 11. The van der Waals surface area contributed by atoms with E-state index in [-0.39, 0.29) is 0 Å². The van der Waals surface area contributed by atoms with E-state index >= 15 is 0 Å². The Morgan fingerprint density at radius 3 is 2.48 bits per heavy atom. The van der Waals surface area contributed by atoms with Crippen LogP contribution in [0.5, 0.6) is 5.75 Å². The van der Waals surface area contributed by atoms with E-state index in [0.29, 0.717) is 0 Å². The van der Waals surface area contributed by atoms with Gasteiger partial charge in [0.1, 0.15) is 5.75 Å². The van der Waals surface area contributed by atoms with Crippen molar-refractivity contribution < 1.29 is 4.74 Å². The van der Waals surface area contributed by atoms with Gasteiger partial charge >= 0.3 is 0 Å². The van der Waals surface area contributed by atoms with Crippen molar-refractivity contribution in [1.29, 1.82) is 0 Å². The molecule has 2 rings (SSSR count). The first-order valence-corrected chi connectivity index (χ1v) is 9.21. The van der Waals surface area contributed by atoms with Gasteiger partial charge in [-0.05, 0) is 29.8 Å². The lowest BCUT2D eigenvalue weighted by Crippen LogP contribution is -2.13. The first-order valence-electron chi connectivity index (χ1n) is 9.21. The van der Waals surface area contributed by atoms with Crippen molar-refractivity contribution in [3.05, 3.63) is 42.0 Å². The summed E-state index contributed by atoms with van der Waals surface area (Å²) in [5.74, 6) is 1.04. The summed E-state index contributed by atoms with van der Waals surface area (Å²) in [4.78, 5) is 0. The maximum Gasteiger partial charge on any atom is 0.124 e. The Bertz CT molecular complexity index is 579. The third-order valence-electron chi connectivity index (χ3n) is 4.30. The summed E-state index contributed by atoms with van der Waals surface area (Å²) in [5.41, 5.74) is 1.29. The van der Waals surface area contributed by atoms with Gasteiger partial charge < -0.3 is 10.1 Å². The minimum atomic E-state index is 0.823. The van der Waals surface area contributed by atoms with Gasteiger partial charge in [0.15, 0.2) is 0 Å². The second-order valence-corrected chi connectivity index (χ2v) is 6.16. The fourth-order valence-corrected chi connectivity index (χ4v) is 2.95. The Morgan fingerprint density at radius 2 is 1.65 bits per heavy atom. The van der Waals surface area contributed by atoms with Crippen LogP contribution < -0.4 is 10.1 Å². The van der Waals surface area contributed by atoms with Gasteiger partial charge in [0, 0.05) is 12.1 Å². The standard InChI is InChI=1S/C21H31NO/c1-3-5-6-7-8-11-16-23-21-15-14-18-12-9-10-13-19(18)20(21)17-22-4-2/h9-10,12-15,22H,3-8,11,16-17H2,1-2H3. The Labute approximate surface area is 141 Å². The molecule has 0 saturated carbocycles. The Morgan fingerprint density at radius 1 is 0.870 bits per heavy atom.